The average molecular weight is 188 g/mol. The van der Waals surface area contributed by atoms with E-state index in [2.05, 4.69) is 10.2 Å². The molecule has 0 aliphatic heterocycles. The van der Waals surface area contributed by atoms with Gasteiger partial charge in [-0.05, 0) is 42.1 Å². The van der Waals surface area contributed by atoms with E-state index >= 15 is 0 Å². The highest BCUT2D eigenvalue weighted by Gasteiger charge is 2.15. The Bertz CT molecular complexity index is 396. The molecule has 0 heterocycles. The molecule has 0 unspecified atom stereocenters. The fourth-order valence-electron chi connectivity index (χ4n) is 1.92. The van der Waals surface area contributed by atoms with Crippen molar-refractivity contribution in [3.05, 3.63) is 34.2 Å². The van der Waals surface area contributed by atoms with Gasteiger partial charge in [0.05, 0.1) is 0 Å². The van der Waals surface area contributed by atoms with Crippen LogP contribution in [0.1, 0.15) is 24.0 Å². The fraction of sp³-hybridized carbons (Fsp3) is 0.364. The Morgan fingerprint density at radius 1 is 1.29 bits per heavy atom. The van der Waals surface area contributed by atoms with Gasteiger partial charge in [-0.25, -0.2) is 0 Å². The Morgan fingerprint density at radius 3 is 2.86 bits per heavy atom. The van der Waals surface area contributed by atoms with Crippen molar-refractivity contribution in [2.75, 3.05) is 7.05 Å². The van der Waals surface area contributed by atoms with Crippen LogP contribution in [0.5, 0.6) is 0 Å². The van der Waals surface area contributed by atoms with E-state index in [-0.39, 0.29) is 0 Å². The van der Waals surface area contributed by atoms with Crippen molar-refractivity contribution < 1.29 is 0 Å². The molecule has 0 bridgehead atoms. The van der Waals surface area contributed by atoms with E-state index in [0.29, 0.717) is 5.69 Å². The van der Waals surface area contributed by atoms with E-state index in [1.807, 2.05) is 12.1 Å². The number of aliphatic imine (C=N–C) groups is 1. The molecule has 3 heteroatoms. The summed E-state index contributed by atoms with van der Waals surface area (Å²) in [6, 6.07) is 5.59. The molecule has 1 aliphatic rings. The quantitative estimate of drug-likeness (QED) is 0.625. The van der Waals surface area contributed by atoms with Crippen LogP contribution in [0.4, 0.5) is 5.69 Å². The van der Waals surface area contributed by atoms with Crippen molar-refractivity contribution in [2.24, 2.45) is 10.2 Å². The Labute approximate surface area is 82.8 Å². The minimum Gasteiger partial charge on any atom is -0.292 e. The summed E-state index contributed by atoms with van der Waals surface area (Å²) < 4.78 is 0. The van der Waals surface area contributed by atoms with Gasteiger partial charge >= 0.3 is 0 Å². The van der Waals surface area contributed by atoms with E-state index in [4.69, 9.17) is 0 Å². The predicted molar refractivity (Wildman–Crippen MR) is 57.3 cm³/mol. The average Bonchev–Trinajstić information content (AvgIpc) is 2.27. The fourth-order valence-corrected chi connectivity index (χ4v) is 1.92. The maximum atomic E-state index is 10.4. The summed E-state index contributed by atoms with van der Waals surface area (Å²) in [6.45, 7) is 0. The first-order valence-electron chi connectivity index (χ1n) is 4.77. The molecule has 0 fully saturated rings. The Hall–Kier alpha value is -1.51. The number of nitrogens with zero attached hydrogens (tertiary/aromatic N) is 2. The van der Waals surface area contributed by atoms with Gasteiger partial charge in [-0.1, -0.05) is 6.07 Å². The Kier molecular flexibility index (Phi) is 2.39. The molecule has 0 saturated carbocycles. The van der Waals surface area contributed by atoms with Crippen LogP contribution >= 0.6 is 0 Å². The van der Waals surface area contributed by atoms with Gasteiger partial charge in [0.2, 0.25) is 0 Å². The van der Waals surface area contributed by atoms with E-state index in [0.717, 1.165) is 30.5 Å². The monoisotopic (exact) mass is 188 g/mol. The second-order valence-electron chi connectivity index (χ2n) is 3.46. The van der Waals surface area contributed by atoms with Crippen LogP contribution in [0.2, 0.25) is 0 Å². The van der Waals surface area contributed by atoms with Crippen LogP contribution in [-0.2, 0) is 6.42 Å². The summed E-state index contributed by atoms with van der Waals surface area (Å²) in [4.78, 5) is 14.6. The summed E-state index contributed by atoms with van der Waals surface area (Å²) in [6.07, 6.45) is 3.23. The Balaban J connectivity index is 2.54. The SMILES string of the molecule is CN=C1CCCc2ccc(N=O)cc21. The van der Waals surface area contributed by atoms with E-state index in [1.54, 1.807) is 13.1 Å². The van der Waals surface area contributed by atoms with E-state index in [1.165, 1.54) is 5.56 Å². The van der Waals surface area contributed by atoms with Gasteiger partial charge in [-0.15, -0.1) is 4.91 Å². The first-order chi connectivity index (χ1) is 6.85. The van der Waals surface area contributed by atoms with Crippen molar-refractivity contribution >= 4 is 11.4 Å². The summed E-state index contributed by atoms with van der Waals surface area (Å²) >= 11 is 0. The van der Waals surface area contributed by atoms with Gasteiger partial charge in [0.25, 0.3) is 0 Å². The van der Waals surface area contributed by atoms with Crippen LogP contribution in [0.25, 0.3) is 0 Å². The highest BCUT2D eigenvalue weighted by molar-refractivity contribution is 6.03. The van der Waals surface area contributed by atoms with Crippen LogP contribution < -0.4 is 0 Å². The molecule has 0 amide bonds. The van der Waals surface area contributed by atoms with Crippen molar-refractivity contribution in [2.45, 2.75) is 19.3 Å². The topological polar surface area (TPSA) is 41.8 Å². The predicted octanol–water partition coefficient (Wildman–Crippen LogP) is 2.84. The lowest BCUT2D eigenvalue weighted by Crippen LogP contribution is -2.11. The third kappa shape index (κ3) is 1.45. The molecule has 14 heavy (non-hydrogen) atoms. The van der Waals surface area contributed by atoms with Crippen LogP contribution in [0.15, 0.2) is 28.4 Å². The standard InChI is InChI=1S/C11H12N2O/c1-12-11-4-2-3-8-5-6-9(13-14)7-10(8)11/h5-7H,2-4H2,1H3. The summed E-state index contributed by atoms with van der Waals surface area (Å²) in [5.74, 6) is 0. The molecule has 0 spiro atoms. The lowest BCUT2D eigenvalue weighted by atomic mass is 9.90. The molecular formula is C11H12N2O. The number of rotatable bonds is 1. The minimum absolute atomic E-state index is 0.492. The normalized spacial score (nSPS) is 17.9. The molecule has 0 aromatic heterocycles. The maximum Gasteiger partial charge on any atom is 0.108 e. The lowest BCUT2D eigenvalue weighted by Gasteiger charge is -2.17. The van der Waals surface area contributed by atoms with Crippen molar-refractivity contribution in [1.29, 1.82) is 0 Å². The summed E-state index contributed by atoms with van der Waals surface area (Å²) in [5, 5.41) is 2.94. The minimum atomic E-state index is 0.492. The largest absolute Gasteiger partial charge is 0.292 e. The Morgan fingerprint density at radius 2 is 2.14 bits per heavy atom. The molecule has 0 N–H and O–H groups in total. The zero-order valence-corrected chi connectivity index (χ0v) is 8.16. The van der Waals surface area contributed by atoms with E-state index in [9.17, 15) is 4.91 Å². The molecule has 0 saturated heterocycles. The van der Waals surface area contributed by atoms with Crippen LogP contribution in [0.3, 0.4) is 0 Å². The number of hydrogen-bond acceptors (Lipinski definition) is 3. The van der Waals surface area contributed by atoms with Crippen LogP contribution in [0, 0.1) is 4.91 Å². The molecule has 0 radical (unpaired) electrons. The second-order valence-corrected chi connectivity index (χ2v) is 3.46. The molecule has 1 aromatic carbocycles. The van der Waals surface area contributed by atoms with Gasteiger partial charge < -0.3 is 0 Å². The van der Waals surface area contributed by atoms with E-state index < -0.39 is 0 Å². The highest BCUT2D eigenvalue weighted by atomic mass is 16.3. The zero-order valence-electron chi connectivity index (χ0n) is 8.16. The molecule has 2 rings (SSSR count). The van der Waals surface area contributed by atoms with Gasteiger partial charge in [0.1, 0.15) is 5.69 Å². The van der Waals surface area contributed by atoms with Crippen molar-refractivity contribution in [1.82, 2.24) is 0 Å². The van der Waals surface area contributed by atoms with Gasteiger partial charge in [-0.3, -0.25) is 4.99 Å². The molecule has 1 aliphatic carbocycles. The first kappa shape index (κ1) is 9.06. The maximum absolute atomic E-state index is 10.4. The van der Waals surface area contributed by atoms with Gasteiger partial charge in [0.15, 0.2) is 0 Å². The number of aryl methyl sites for hydroxylation is 1. The number of benzene rings is 1. The zero-order chi connectivity index (χ0) is 9.97. The molecule has 0 atom stereocenters. The first-order valence-corrected chi connectivity index (χ1v) is 4.77. The summed E-state index contributed by atoms with van der Waals surface area (Å²) in [7, 11) is 1.80. The molecule has 3 nitrogen and oxygen atoms in total. The highest BCUT2D eigenvalue weighted by Crippen LogP contribution is 2.25. The summed E-state index contributed by atoms with van der Waals surface area (Å²) in [5.41, 5.74) is 3.98. The number of hydrogen-bond donors (Lipinski definition) is 0. The van der Waals surface area contributed by atoms with Crippen LogP contribution in [-0.4, -0.2) is 12.8 Å². The van der Waals surface area contributed by atoms with Gasteiger partial charge in [0, 0.05) is 18.3 Å². The molecule has 1 aromatic rings. The van der Waals surface area contributed by atoms with Gasteiger partial charge in [-0.2, -0.15) is 0 Å². The number of fused-ring (bicyclic) bond motifs is 1. The number of nitroso groups, excluding NO2 is 1. The molecular weight excluding hydrogens is 176 g/mol. The van der Waals surface area contributed by atoms with Crippen molar-refractivity contribution in [3.8, 4) is 0 Å². The smallest absolute Gasteiger partial charge is 0.108 e. The third-order valence-electron chi connectivity index (χ3n) is 2.64. The lowest BCUT2D eigenvalue weighted by molar-refractivity contribution is 0.837. The third-order valence-corrected chi connectivity index (χ3v) is 2.64. The molecule has 72 valence electrons. The van der Waals surface area contributed by atoms with Crippen molar-refractivity contribution in [3.63, 3.8) is 0 Å². The second kappa shape index (κ2) is 3.70.